The van der Waals surface area contributed by atoms with Gasteiger partial charge in [-0.15, -0.1) is 23.5 Å². The van der Waals surface area contributed by atoms with Crippen molar-refractivity contribution in [2.75, 3.05) is 5.75 Å². The summed E-state index contributed by atoms with van der Waals surface area (Å²) in [6.45, 7) is 9.28. The Hall–Kier alpha value is 0.700. The Morgan fingerprint density at radius 2 is 1.73 bits per heavy atom. The predicted octanol–water partition coefficient (Wildman–Crippen LogP) is 3.51. The Morgan fingerprint density at radius 3 is 1.91 bits per heavy atom. The first-order chi connectivity index (χ1) is 5.09. The lowest BCUT2D eigenvalue weighted by Crippen LogP contribution is -2.37. The van der Waals surface area contributed by atoms with Crippen LogP contribution in [0.2, 0.25) is 0 Å². The number of hydrogen-bond acceptors (Lipinski definition) is 2. The van der Waals surface area contributed by atoms with Crippen LogP contribution < -0.4 is 0 Å². The fourth-order valence-corrected chi connectivity index (χ4v) is 4.38. The Morgan fingerprint density at radius 1 is 1.18 bits per heavy atom. The van der Waals surface area contributed by atoms with Gasteiger partial charge in [0.15, 0.2) is 0 Å². The quantitative estimate of drug-likeness (QED) is 0.650. The third-order valence-corrected chi connectivity index (χ3v) is 5.62. The van der Waals surface area contributed by atoms with Crippen molar-refractivity contribution < 1.29 is 0 Å². The van der Waals surface area contributed by atoms with Crippen molar-refractivity contribution in [3.63, 3.8) is 0 Å². The minimum atomic E-state index is 0.463. The van der Waals surface area contributed by atoms with E-state index in [0.717, 1.165) is 11.8 Å². The largest absolute Gasteiger partial charge is 0.138 e. The maximum atomic E-state index is 3.31. The summed E-state index contributed by atoms with van der Waals surface area (Å²) in [5.41, 5.74) is 0. The smallest absolute Gasteiger partial charge is 0.114 e. The average Bonchev–Trinajstić information content (AvgIpc) is 2.34. The summed E-state index contributed by atoms with van der Waals surface area (Å²) in [6.07, 6.45) is 0. The van der Waals surface area contributed by atoms with Crippen LogP contribution in [0.4, 0.5) is 0 Å². The van der Waals surface area contributed by atoms with E-state index >= 15 is 0 Å². The van der Waals surface area contributed by atoms with Crippen molar-refractivity contribution in [3.8, 4) is 0 Å². The number of thioether (sulfide) groups is 2. The van der Waals surface area contributed by atoms with E-state index in [-0.39, 0.29) is 0 Å². The lowest BCUT2D eigenvalue weighted by Gasteiger charge is -2.35. The van der Waals surface area contributed by atoms with E-state index in [4.69, 9.17) is 0 Å². The van der Waals surface area contributed by atoms with Crippen molar-refractivity contribution in [3.05, 3.63) is 5.08 Å². The second-order valence-electron chi connectivity index (χ2n) is 3.74. The first kappa shape index (κ1) is 9.79. The average molecular weight is 188 g/mol. The summed E-state index contributed by atoms with van der Waals surface area (Å²) < 4.78 is 0.463. The molecule has 1 saturated heterocycles. The van der Waals surface area contributed by atoms with Gasteiger partial charge >= 0.3 is 0 Å². The Labute approximate surface area is 78.9 Å². The highest BCUT2D eigenvalue weighted by atomic mass is 32.2. The lowest BCUT2D eigenvalue weighted by atomic mass is 9.86. The molecule has 0 N–H and O–H groups in total. The molecule has 0 nitrogen and oxygen atoms in total. The Bertz CT molecular complexity index is 114. The molecular weight excluding hydrogens is 172 g/mol. The topological polar surface area (TPSA) is 0 Å². The van der Waals surface area contributed by atoms with E-state index in [1.54, 1.807) is 0 Å². The van der Waals surface area contributed by atoms with Crippen LogP contribution in [0.1, 0.15) is 27.7 Å². The molecule has 1 aliphatic rings. The van der Waals surface area contributed by atoms with Crippen LogP contribution in [-0.2, 0) is 0 Å². The van der Waals surface area contributed by atoms with E-state index in [1.807, 2.05) is 23.5 Å². The third-order valence-electron chi connectivity index (χ3n) is 2.54. The van der Waals surface area contributed by atoms with Gasteiger partial charge < -0.3 is 0 Å². The molecule has 11 heavy (non-hydrogen) atoms. The van der Waals surface area contributed by atoms with E-state index in [1.165, 1.54) is 5.75 Å². The molecule has 2 radical (unpaired) electrons. The zero-order valence-corrected chi connectivity index (χ0v) is 9.31. The summed E-state index contributed by atoms with van der Waals surface area (Å²) in [7, 11) is 0. The van der Waals surface area contributed by atoms with Gasteiger partial charge in [-0.05, 0) is 11.8 Å². The van der Waals surface area contributed by atoms with E-state index in [2.05, 4.69) is 32.8 Å². The molecule has 2 heteroatoms. The molecule has 0 aromatic carbocycles. The Kier molecular flexibility index (Phi) is 3.21. The molecule has 64 valence electrons. The second-order valence-corrected chi connectivity index (χ2v) is 5.95. The minimum Gasteiger partial charge on any atom is -0.138 e. The van der Waals surface area contributed by atoms with E-state index < -0.39 is 0 Å². The van der Waals surface area contributed by atoms with Crippen LogP contribution in [-0.4, -0.2) is 10.5 Å². The molecule has 0 unspecified atom stereocenters. The maximum Gasteiger partial charge on any atom is 0.114 e. The molecule has 1 rings (SSSR count). The lowest BCUT2D eigenvalue weighted by molar-refractivity contribution is 0.371. The normalized spacial score (nSPS) is 23.5. The zero-order chi connectivity index (χ0) is 8.48. The molecule has 0 spiro atoms. The molecule has 0 bridgehead atoms. The van der Waals surface area contributed by atoms with Gasteiger partial charge in [0.2, 0.25) is 0 Å². The van der Waals surface area contributed by atoms with Crippen molar-refractivity contribution in [2.24, 2.45) is 11.8 Å². The number of hydrogen-bond donors (Lipinski definition) is 0. The van der Waals surface area contributed by atoms with Crippen molar-refractivity contribution in [2.45, 2.75) is 32.4 Å². The second kappa shape index (κ2) is 3.61. The molecule has 0 atom stereocenters. The van der Waals surface area contributed by atoms with Crippen LogP contribution in [0.3, 0.4) is 0 Å². The van der Waals surface area contributed by atoms with Crippen molar-refractivity contribution >= 4 is 23.5 Å². The summed E-state index contributed by atoms with van der Waals surface area (Å²) in [6, 6.07) is 0. The molecule has 0 aromatic rings. The Balaban J connectivity index is 2.70. The molecule has 1 aliphatic heterocycles. The first-order valence-corrected chi connectivity index (χ1v) is 5.94. The molecule has 0 saturated carbocycles. The SMILES string of the molecule is CC(C)C1(C(C)C)CS[C]S1. The highest BCUT2D eigenvalue weighted by Crippen LogP contribution is 2.51. The third kappa shape index (κ3) is 1.72. The van der Waals surface area contributed by atoms with Gasteiger partial charge in [-0.25, -0.2) is 0 Å². The molecule has 0 aliphatic carbocycles. The monoisotopic (exact) mass is 188 g/mol. The highest BCUT2D eigenvalue weighted by Gasteiger charge is 2.41. The summed E-state index contributed by atoms with van der Waals surface area (Å²) in [5.74, 6) is 2.76. The van der Waals surface area contributed by atoms with Gasteiger partial charge in [-0.3, -0.25) is 0 Å². The highest BCUT2D eigenvalue weighted by molar-refractivity contribution is 8.23. The molecule has 0 amide bonds. The summed E-state index contributed by atoms with van der Waals surface area (Å²) in [4.78, 5) is 0. The summed E-state index contributed by atoms with van der Waals surface area (Å²) in [5, 5.41) is 3.31. The predicted molar refractivity (Wildman–Crippen MR) is 55.7 cm³/mol. The van der Waals surface area contributed by atoms with Gasteiger partial charge in [0.05, 0.1) is 0 Å². The fourth-order valence-electron chi connectivity index (χ4n) is 1.51. The van der Waals surface area contributed by atoms with Gasteiger partial charge in [0.25, 0.3) is 0 Å². The number of rotatable bonds is 2. The van der Waals surface area contributed by atoms with Crippen LogP contribution >= 0.6 is 23.5 Å². The molecule has 1 fully saturated rings. The van der Waals surface area contributed by atoms with Gasteiger partial charge in [-0.2, -0.15) is 0 Å². The maximum absolute atomic E-state index is 3.31. The van der Waals surface area contributed by atoms with Gasteiger partial charge in [0, 0.05) is 10.5 Å². The van der Waals surface area contributed by atoms with Crippen LogP contribution in [0, 0.1) is 16.9 Å². The van der Waals surface area contributed by atoms with Crippen LogP contribution in [0.5, 0.6) is 0 Å². The standard InChI is InChI=1S/C9H16S2/c1-7(2)9(8(3)4)5-10-6-11-9/h7-8H,5H2,1-4H3. The van der Waals surface area contributed by atoms with Crippen LogP contribution in [0.15, 0.2) is 0 Å². The fraction of sp³-hybridized carbons (Fsp3) is 0.889. The van der Waals surface area contributed by atoms with Gasteiger partial charge in [-0.1, -0.05) is 27.7 Å². The molecular formula is C9H16S2. The van der Waals surface area contributed by atoms with Gasteiger partial charge in [0.1, 0.15) is 5.08 Å². The molecule has 0 aromatic heterocycles. The zero-order valence-electron chi connectivity index (χ0n) is 7.68. The summed E-state index contributed by atoms with van der Waals surface area (Å²) >= 11 is 3.77. The van der Waals surface area contributed by atoms with Crippen molar-refractivity contribution in [1.82, 2.24) is 0 Å². The van der Waals surface area contributed by atoms with Crippen molar-refractivity contribution in [1.29, 1.82) is 0 Å². The minimum absolute atomic E-state index is 0.463. The van der Waals surface area contributed by atoms with E-state index in [0.29, 0.717) is 4.75 Å². The van der Waals surface area contributed by atoms with Crippen LogP contribution in [0.25, 0.3) is 0 Å². The first-order valence-electron chi connectivity index (χ1n) is 4.14. The van der Waals surface area contributed by atoms with E-state index in [9.17, 15) is 0 Å². The molecule has 1 heterocycles.